The zero-order valence-electron chi connectivity index (χ0n) is 23.8. The third-order valence-electron chi connectivity index (χ3n) is 7.85. The van der Waals surface area contributed by atoms with Crippen LogP contribution in [0.25, 0.3) is 11.1 Å². The standard InChI is InChI=1S/C33H40FN3O4/c1-2-3-14-30-28(25-15-17-27(18-16-25)40-26-12-8-5-9-13-26)21-32(36-35-30)41-31-19-20-37(22-29(31)34)33(38)39-23-24-10-6-4-7-11-24/h4,6-7,10-11,15-18,21,26,29,31H,2-3,5,8-9,12-14,19-20,22-23H2,1H3/t29-,31-/m0/s1. The van der Waals surface area contributed by atoms with E-state index < -0.39 is 18.4 Å². The molecule has 0 radical (unpaired) electrons. The number of ether oxygens (including phenoxy) is 3. The normalized spacial score (nSPS) is 19.5. The molecule has 8 heteroatoms. The Balaban J connectivity index is 1.22. The molecule has 1 saturated carbocycles. The van der Waals surface area contributed by atoms with Gasteiger partial charge >= 0.3 is 6.09 Å². The van der Waals surface area contributed by atoms with Gasteiger partial charge in [0.25, 0.3) is 0 Å². The van der Waals surface area contributed by atoms with Crippen LogP contribution >= 0.6 is 0 Å². The average molecular weight is 562 g/mol. The number of nitrogens with zero attached hydrogens (tertiary/aromatic N) is 3. The number of hydrogen-bond donors (Lipinski definition) is 0. The minimum absolute atomic E-state index is 0.0877. The smallest absolute Gasteiger partial charge is 0.410 e. The molecule has 1 amide bonds. The molecule has 2 heterocycles. The number of carbonyl (C=O) groups excluding carboxylic acids is 1. The van der Waals surface area contributed by atoms with Crippen molar-refractivity contribution in [3.63, 3.8) is 0 Å². The topological polar surface area (TPSA) is 73.8 Å². The third kappa shape index (κ3) is 7.96. The molecular weight excluding hydrogens is 521 g/mol. The number of carbonyl (C=O) groups is 1. The number of likely N-dealkylation sites (tertiary alicyclic amines) is 1. The van der Waals surface area contributed by atoms with Crippen molar-refractivity contribution >= 4 is 6.09 Å². The van der Waals surface area contributed by atoms with Gasteiger partial charge in [0, 0.05) is 24.6 Å². The fraction of sp³-hybridized carbons (Fsp3) is 0.485. The highest BCUT2D eigenvalue weighted by Gasteiger charge is 2.34. The Labute approximate surface area is 242 Å². The van der Waals surface area contributed by atoms with E-state index in [-0.39, 0.29) is 19.0 Å². The maximum Gasteiger partial charge on any atom is 0.410 e. The molecule has 2 atom stereocenters. The number of aryl methyl sites for hydroxylation is 1. The van der Waals surface area contributed by atoms with Gasteiger partial charge < -0.3 is 19.1 Å². The van der Waals surface area contributed by atoms with Crippen molar-refractivity contribution in [3.05, 3.63) is 71.9 Å². The maximum absolute atomic E-state index is 15.2. The molecule has 7 nitrogen and oxygen atoms in total. The molecule has 0 N–H and O–H groups in total. The van der Waals surface area contributed by atoms with E-state index in [2.05, 4.69) is 17.1 Å². The van der Waals surface area contributed by atoms with Crippen LogP contribution in [0.3, 0.4) is 0 Å². The lowest BCUT2D eigenvalue weighted by Crippen LogP contribution is -2.49. The van der Waals surface area contributed by atoms with E-state index in [1.165, 1.54) is 24.2 Å². The molecule has 218 valence electrons. The summed E-state index contributed by atoms with van der Waals surface area (Å²) in [4.78, 5) is 13.9. The average Bonchev–Trinajstić information content (AvgIpc) is 3.01. The molecule has 1 aliphatic heterocycles. The highest BCUT2D eigenvalue weighted by atomic mass is 19.1. The Hall–Kier alpha value is -3.68. The van der Waals surface area contributed by atoms with Crippen molar-refractivity contribution in [1.29, 1.82) is 0 Å². The van der Waals surface area contributed by atoms with E-state index in [4.69, 9.17) is 14.2 Å². The first-order chi connectivity index (χ1) is 20.1. The lowest BCUT2D eigenvalue weighted by molar-refractivity contribution is 0.0125. The summed E-state index contributed by atoms with van der Waals surface area (Å²) < 4.78 is 32.8. The Morgan fingerprint density at radius 2 is 1.76 bits per heavy atom. The summed E-state index contributed by atoms with van der Waals surface area (Å²) >= 11 is 0. The number of halogens is 1. The van der Waals surface area contributed by atoms with Crippen LogP contribution in [-0.4, -0.2) is 52.7 Å². The molecule has 2 fully saturated rings. The highest BCUT2D eigenvalue weighted by molar-refractivity contribution is 5.68. The molecule has 5 rings (SSSR count). The van der Waals surface area contributed by atoms with Crippen LogP contribution in [0.15, 0.2) is 60.7 Å². The summed E-state index contributed by atoms with van der Waals surface area (Å²) in [5.74, 6) is 1.17. The Morgan fingerprint density at radius 3 is 2.49 bits per heavy atom. The summed E-state index contributed by atoms with van der Waals surface area (Å²) in [6.07, 6.45) is 6.84. The fourth-order valence-electron chi connectivity index (χ4n) is 5.47. The van der Waals surface area contributed by atoms with Crippen molar-refractivity contribution in [2.75, 3.05) is 13.1 Å². The van der Waals surface area contributed by atoms with Gasteiger partial charge in [0.05, 0.1) is 18.3 Å². The van der Waals surface area contributed by atoms with E-state index in [1.54, 1.807) is 0 Å². The van der Waals surface area contributed by atoms with Crippen LogP contribution in [0.1, 0.15) is 69.5 Å². The van der Waals surface area contributed by atoms with Crippen LogP contribution in [-0.2, 0) is 17.8 Å². The number of unbranched alkanes of at least 4 members (excludes halogenated alkanes) is 1. The minimum atomic E-state index is -1.37. The second-order valence-electron chi connectivity index (χ2n) is 11.0. The van der Waals surface area contributed by atoms with Crippen molar-refractivity contribution in [2.24, 2.45) is 0 Å². The lowest BCUT2D eigenvalue weighted by atomic mass is 9.97. The SMILES string of the molecule is CCCCc1nnc(O[C@H]2CCN(C(=O)OCc3ccccc3)C[C@@H]2F)cc1-c1ccc(OC2CCCCC2)cc1. The molecule has 1 aliphatic carbocycles. The van der Waals surface area contributed by atoms with Crippen molar-refractivity contribution in [1.82, 2.24) is 15.1 Å². The first-order valence-electron chi connectivity index (χ1n) is 15.0. The van der Waals surface area contributed by atoms with Gasteiger partial charge in [0.1, 0.15) is 18.5 Å². The predicted molar refractivity (Wildman–Crippen MR) is 156 cm³/mol. The minimum Gasteiger partial charge on any atom is -0.490 e. The van der Waals surface area contributed by atoms with Gasteiger partial charge in [0.2, 0.25) is 5.88 Å². The number of rotatable bonds is 10. The van der Waals surface area contributed by atoms with Gasteiger partial charge in [-0.2, -0.15) is 5.10 Å². The molecule has 2 aromatic carbocycles. The zero-order chi connectivity index (χ0) is 28.4. The van der Waals surface area contributed by atoms with Crippen LogP contribution in [0.5, 0.6) is 11.6 Å². The first kappa shape index (κ1) is 28.8. The molecule has 0 spiro atoms. The quantitative estimate of drug-likeness (QED) is 0.258. The monoisotopic (exact) mass is 561 g/mol. The fourth-order valence-corrected chi connectivity index (χ4v) is 5.47. The van der Waals surface area contributed by atoms with E-state index in [9.17, 15) is 4.79 Å². The summed E-state index contributed by atoms with van der Waals surface area (Å²) in [6, 6.07) is 19.4. The second-order valence-corrected chi connectivity index (χ2v) is 11.0. The van der Waals surface area contributed by atoms with E-state index in [1.807, 2.05) is 60.7 Å². The molecule has 1 aromatic heterocycles. The molecule has 0 bridgehead atoms. The first-order valence-corrected chi connectivity index (χ1v) is 15.0. The Morgan fingerprint density at radius 1 is 0.976 bits per heavy atom. The van der Waals surface area contributed by atoms with E-state index >= 15 is 4.39 Å². The van der Waals surface area contributed by atoms with Gasteiger partial charge in [-0.15, -0.1) is 5.10 Å². The van der Waals surface area contributed by atoms with Crippen LogP contribution in [0, 0.1) is 0 Å². The van der Waals surface area contributed by atoms with Crippen molar-refractivity contribution < 1.29 is 23.4 Å². The molecule has 3 aromatic rings. The van der Waals surface area contributed by atoms with Gasteiger partial charge in [-0.05, 0) is 61.8 Å². The Kier molecular flexibility index (Phi) is 10.0. The summed E-state index contributed by atoms with van der Waals surface area (Å²) in [5, 5.41) is 8.77. The summed E-state index contributed by atoms with van der Waals surface area (Å²) in [7, 11) is 0. The molecule has 0 unspecified atom stereocenters. The lowest BCUT2D eigenvalue weighted by Gasteiger charge is -2.33. The van der Waals surface area contributed by atoms with Crippen LogP contribution in [0.2, 0.25) is 0 Å². The van der Waals surface area contributed by atoms with Gasteiger partial charge in [-0.3, -0.25) is 0 Å². The zero-order valence-corrected chi connectivity index (χ0v) is 23.8. The number of benzene rings is 2. The number of piperidine rings is 1. The molecule has 1 saturated heterocycles. The van der Waals surface area contributed by atoms with Crippen LogP contribution < -0.4 is 9.47 Å². The Bertz CT molecular complexity index is 1250. The van der Waals surface area contributed by atoms with Crippen molar-refractivity contribution in [3.8, 4) is 22.8 Å². The number of aromatic nitrogens is 2. The molecule has 2 aliphatic rings. The maximum atomic E-state index is 15.2. The number of amides is 1. The highest BCUT2D eigenvalue weighted by Crippen LogP contribution is 2.31. The molecule has 41 heavy (non-hydrogen) atoms. The van der Waals surface area contributed by atoms with E-state index in [0.29, 0.717) is 19.1 Å². The number of alkyl halides is 1. The number of hydrogen-bond acceptors (Lipinski definition) is 6. The summed E-state index contributed by atoms with van der Waals surface area (Å²) in [6.45, 7) is 2.56. The third-order valence-corrected chi connectivity index (χ3v) is 7.85. The van der Waals surface area contributed by atoms with Gasteiger partial charge in [0.15, 0.2) is 6.17 Å². The predicted octanol–water partition coefficient (Wildman–Crippen LogP) is 7.33. The van der Waals surface area contributed by atoms with Crippen molar-refractivity contribution in [2.45, 2.75) is 89.7 Å². The molecular formula is C33H40FN3O4. The van der Waals surface area contributed by atoms with Crippen LogP contribution in [0.4, 0.5) is 9.18 Å². The van der Waals surface area contributed by atoms with Gasteiger partial charge in [-0.1, -0.05) is 62.2 Å². The van der Waals surface area contributed by atoms with E-state index in [0.717, 1.165) is 60.2 Å². The summed E-state index contributed by atoms with van der Waals surface area (Å²) in [5.41, 5.74) is 3.72. The largest absolute Gasteiger partial charge is 0.490 e. The second kappa shape index (κ2) is 14.3. The van der Waals surface area contributed by atoms with Gasteiger partial charge in [-0.25, -0.2) is 9.18 Å².